The summed E-state index contributed by atoms with van der Waals surface area (Å²) >= 11 is 0. The van der Waals surface area contributed by atoms with Crippen molar-refractivity contribution in [1.29, 1.82) is 0 Å². The van der Waals surface area contributed by atoms with E-state index in [0.717, 1.165) is 12.1 Å². The van der Waals surface area contributed by atoms with Crippen LogP contribution < -0.4 is 5.73 Å². The zero-order valence-corrected chi connectivity index (χ0v) is 8.38. The van der Waals surface area contributed by atoms with Crippen LogP contribution in [0.1, 0.15) is 24.9 Å². The van der Waals surface area contributed by atoms with Gasteiger partial charge in [-0.2, -0.15) is 0 Å². The van der Waals surface area contributed by atoms with E-state index in [1.165, 1.54) is 0 Å². The van der Waals surface area contributed by atoms with Gasteiger partial charge in [0.25, 0.3) is 0 Å². The molecule has 1 rings (SSSR count). The van der Waals surface area contributed by atoms with E-state index < -0.39 is 12.1 Å². The topological polar surface area (TPSA) is 107 Å². The zero-order chi connectivity index (χ0) is 11.6. The molecule has 0 heterocycles. The number of aliphatic hydroxyl groups excluding tert-OH is 1. The van der Waals surface area contributed by atoms with Gasteiger partial charge in [0.05, 0.1) is 17.7 Å². The van der Waals surface area contributed by atoms with Gasteiger partial charge >= 0.3 is 0 Å². The third-order valence-corrected chi connectivity index (χ3v) is 2.29. The smallest absolute Gasteiger partial charge is 0.127 e. The molecule has 15 heavy (non-hydrogen) atoms. The van der Waals surface area contributed by atoms with E-state index in [1.54, 1.807) is 6.92 Å². The molecule has 84 valence electrons. The van der Waals surface area contributed by atoms with Crippen molar-refractivity contribution in [2.24, 2.45) is 5.73 Å². The molecule has 2 atom stereocenters. The molecule has 0 saturated heterocycles. The SMILES string of the molecule is CC[C@@H](O)[C@@H](N)c1c(O)cc(O)cc1O. The minimum atomic E-state index is -0.879. The van der Waals surface area contributed by atoms with E-state index in [-0.39, 0.29) is 22.8 Å². The van der Waals surface area contributed by atoms with Crippen LogP contribution in [-0.2, 0) is 0 Å². The fourth-order valence-electron chi connectivity index (χ4n) is 1.40. The third kappa shape index (κ3) is 2.31. The Morgan fingerprint density at radius 1 is 1.20 bits per heavy atom. The second kappa shape index (κ2) is 4.37. The molecule has 0 unspecified atom stereocenters. The van der Waals surface area contributed by atoms with Gasteiger partial charge in [-0.1, -0.05) is 6.92 Å². The minimum absolute atomic E-state index is 0.0437. The lowest BCUT2D eigenvalue weighted by Gasteiger charge is -2.19. The molecule has 0 aliphatic heterocycles. The number of rotatable bonds is 3. The van der Waals surface area contributed by atoms with E-state index in [9.17, 15) is 15.3 Å². The maximum atomic E-state index is 9.49. The first-order valence-corrected chi connectivity index (χ1v) is 4.65. The van der Waals surface area contributed by atoms with Crippen molar-refractivity contribution in [2.75, 3.05) is 0 Å². The molecule has 5 heteroatoms. The van der Waals surface area contributed by atoms with Crippen LogP contribution in [0.2, 0.25) is 0 Å². The van der Waals surface area contributed by atoms with E-state index in [0.29, 0.717) is 6.42 Å². The summed E-state index contributed by atoms with van der Waals surface area (Å²) in [5.41, 5.74) is 5.69. The Morgan fingerprint density at radius 2 is 1.67 bits per heavy atom. The van der Waals surface area contributed by atoms with Crippen LogP contribution in [0.3, 0.4) is 0 Å². The lowest BCUT2D eigenvalue weighted by Crippen LogP contribution is -2.25. The number of phenols is 3. The molecule has 6 N–H and O–H groups in total. The van der Waals surface area contributed by atoms with Crippen molar-refractivity contribution in [3.05, 3.63) is 17.7 Å². The van der Waals surface area contributed by atoms with Crippen LogP contribution in [-0.4, -0.2) is 26.5 Å². The first kappa shape index (κ1) is 11.6. The van der Waals surface area contributed by atoms with Gasteiger partial charge in [-0.05, 0) is 6.42 Å². The molecular formula is C10H15NO4. The Bertz CT molecular complexity index is 330. The average Bonchev–Trinajstić information content (AvgIpc) is 2.14. The van der Waals surface area contributed by atoms with E-state index >= 15 is 0 Å². The van der Waals surface area contributed by atoms with Crippen LogP contribution in [0.5, 0.6) is 17.2 Å². The second-order valence-electron chi connectivity index (χ2n) is 3.40. The van der Waals surface area contributed by atoms with Crippen molar-refractivity contribution in [3.8, 4) is 17.2 Å². The van der Waals surface area contributed by atoms with Crippen molar-refractivity contribution in [1.82, 2.24) is 0 Å². The lowest BCUT2D eigenvalue weighted by molar-refractivity contribution is 0.138. The minimum Gasteiger partial charge on any atom is -0.508 e. The summed E-state index contributed by atoms with van der Waals surface area (Å²) in [6.07, 6.45) is -0.452. The monoisotopic (exact) mass is 213 g/mol. The predicted octanol–water partition coefficient (Wildman–Crippen LogP) is 0.574. The summed E-state index contributed by atoms with van der Waals surface area (Å²) in [5.74, 6) is -0.910. The van der Waals surface area contributed by atoms with Crippen molar-refractivity contribution in [3.63, 3.8) is 0 Å². The Balaban J connectivity index is 3.13. The largest absolute Gasteiger partial charge is 0.508 e. The molecule has 1 aromatic rings. The standard InChI is InChI=1S/C10H15NO4/c1-2-6(13)10(11)9-7(14)3-5(12)4-8(9)15/h3-4,6,10,12-15H,2,11H2,1H3/t6-,10-/m1/s1. The van der Waals surface area contributed by atoms with Crippen molar-refractivity contribution < 1.29 is 20.4 Å². The fourth-order valence-corrected chi connectivity index (χ4v) is 1.40. The molecule has 0 bridgehead atoms. The Morgan fingerprint density at radius 3 is 2.07 bits per heavy atom. The number of hydrogen-bond acceptors (Lipinski definition) is 5. The number of benzene rings is 1. The van der Waals surface area contributed by atoms with Crippen LogP contribution >= 0.6 is 0 Å². The molecule has 0 saturated carbocycles. The molecule has 0 spiro atoms. The number of aliphatic hydroxyl groups is 1. The summed E-state index contributed by atoms with van der Waals surface area (Å²) in [7, 11) is 0. The Hall–Kier alpha value is -1.46. The summed E-state index contributed by atoms with van der Waals surface area (Å²) in [6, 6.07) is 1.25. The summed E-state index contributed by atoms with van der Waals surface area (Å²) in [6.45, 7) is 1.74. The molecule has 0 aliphatic rings. The molecule has 0 amide bonds. The van der Waals surface area contributed by atoms with Crippen LogP contribution in [0, 0.1) is 0 Å². The normalized spacial score (nSPS) is 14.9. The van der Waals surface area contributed by atoms with Gasteiger partial charge < -0.3 is 26.2 Å². The maximum absolute atomic E-state index is 9.49. The summed E-state index contributed by atoms with van der Waals surface area (Å²) in [4.78, 5) is 0. The van der Waals surface area contributed by atoms with Crippen LogP contribution in [0.15, 0.2) is 12.1 Å². The molecule has 1 aromatic carbocycles. The quantitative estimate of drug-likeness (QED) is 0.504. The molecule has 0 aliphatic carbocycles. The van der Waals surface area contributed by atoms with Gasteiger partial charge in [-0.25, -0.2) is 0 Å². The number of aromatic hydroxyl groups is 3. The maximum Gasteiger partial charge on any atom is 0.127 e. The van der Waals surface area contributed by atoms with Gasteiger partial charge in [0.2, 0.25) is 0 Å². The average molecular weight is 213 g/mol. The second-order valence-corrected chi connectivity index (χ2v) is 3.40. The van der Waals surface area contributed by atoms with E-state index in [2.05, 4.69) is 0 Å². The zero-order valence-electron chi connectivity index (χ0n) is 8.38. The third-order valence-electron chi connectivity index (χ3n) is 2.29. The first-order valence-electron chi connectivity index (χ1n) is 4.65. The van der Waals surface area contributed by atoms with Crippen molar-refractivity contribution in [2.45, 2.75) is 25.5 Å². The Kier molecular flexibility index (Phi) is 3.39. The van der Waals surface area contributed by atoms with E-state index in [4.69, 9.17) is 10.8 Å². The molecule has 0 aromatic heterocycles. The highest BCUT2D eigenvalue weighted by molar-refractivity contribution is 5.50. The number of phenolic OH excluding ortho intramolecular Hbond substituents is 3. The highest BCUT2D eigenvalue weighted by atomic mass is 16.3. The van der Waals surface area contributed by atoms with Crippen LogP contribution in [0.4, 0.5) is 0 Å². The molecule has 0 radical (unpaired) electrons. The van der Waals surface area contributed by atoms with Gasteiger partial charge in [0.15, 0.2) is 0 Å². The molecule has 5 nitrogen and oxygen atoms in total. The molecular weight excluding hydrogens is 198 g/mol. The van der Waals surface area contributed by atoms with Gasteiger partial charge in [0.1, 0.15) is 17.2 Å². The fraction of sp³-hybridized carbons (Fsp3) is 0.400. The Labute approximate surface area is 87.4 Å². The summed E-state index contributed by atoms with van der Waals surface area (Å²) in [5, 5.41) is 37.5. The molecule has 0 fully saturated rings. The highest BCUT2D eigenvalue weighted by Gasteiger charge is 2.22. The van der Waals surface area contributed by atoms with Gasteiger partial charge in [-0.3, -0.25) is 0 Å². The summed E-state index contributed by atoms with van der Waals surface area (Å²) < 4.78 is 0. The van der Waals surface area contributed by atoms with Gasteiger partial charge in [0, 0.05) is 12.1 Å². The van der Waals surface area contributed by atoms with Crippen molar-refractivity contribution >= 4 is 0 Å². The number of hydrogen-bond donors (Lipinski definition) is 5. The lowest BCUT2D eigenvalue weighted by atomic mass is 9.98. The van der Waals surface area contributed by atoms with Crippen LogP contribution in [0.25, 0.3) is 0 Å². The first-order chi connectivity index (χ1) is 6.97. The van der Waals surface area contributed by atoms with Gasteiger partial charge in [-0.15, -0.1) is 0 Å². The van der Waals surface area contributed by atoms with E-state index in [1.807, 2.05) is 0 Å². The highest BCUT2D eigenvalue weighted by Crippen LogP contribution is 2.37. The predicted molar refractivity (Wildman–Crippen MR) is 54.7 cm³/mol. The number of nitrogens with two attached hydrogens (primary N) is 1.